The normalized spacial score (nSPS) is 21.4. The van der Waals surface area contributed by atoms with Crippen LogP contribution in [0.3, 0.4) is 0 Å². The summed E-state index contributed by atoms with van der Waals surface area (Å²) in [7, 11) is 0. The van der Waals surface area contributed by atoms with Crippen LogP contribution in [0, 0.1) is 13.8 Å². The molecule has 37 heavy (non-hydrogen) atoms. The average Bonchev–Trinajstić information content (AvgIpc) is 3.39. The summed E-state index contributed by atoms with van der Waals surface area (Å²) in [5.74, 6) is 2.54. The lowest BCUT2D eigenvalue weighted by atomic mass is 9.96. The summed E-state index contributed by atoms with van der Waals surface area (Å²) in [6.45, 7) is 10.3. The van der Waals surface area contributed by atoms with E-state index in [0.29, 0.717) is 30.6 Å². The number of urea groups is 1. The van der Waals surface area contributed by atoms with Crippen molar-refractivity contribution < 1.29 is 4.79 Å². The van der Waals surface area contributed by atoms with Gasteiger partial charge in [-0.25, -0.2) is 4.79 Å². The fourth-order valence-corrected chi connectivity index (χ4v) is 6.25. The lowest BCUT2D eigenvalue weighted by molar-refractivity contribution is 0.104. The molecule has 3 aromatic rings. The van der Waals surface area contributed by atoms with E-state index in [1.807, 2.05) is 59.5 Å². The Morgan fingerprint density at radius 2 is 1.65 bits per heavy atom. The Morgan fingerprint density at radius 3 is 2.30 bits per heavy atom. The van der Waals surface area contributed by atoms with E-state index in [4.69, 9.17) is 0 Å². The van der Waals surface area contributed by atoms with E-state index in [0.717, 1.165) is 48.8 Å². The molecule has 2 bridgehead atoms. The van der Waals surface area contributed by atoms with Gasteiger partial charge in [0.05, 0.1) is 0 Å². The van der Waals surface area contributed by atoms with Gasteiger partial charge in [0.15, 0.2) is 0 Å². The molecule has 0 radical (unpaired) electrons. The Hall–Kier alpha value is -3.19. The van der Waals surface area contributed by atoms with E-state index in [1.54, 1.807) is 0 Å². The van der Waals surface area contributed by atoms with Gasteiger partial charge >= 0.3 is 6.03 Å². The number of anilines is 2. The second-order valence-corrected chi connectivity index (χ2v) is 11.0. The number of benzene rings is 2. The number of aromatic nitrogens is 3. The molecule has 2 aliphatic heterocycles. The topological polar surface area (TPSA) is 66.3 Å². The fraction of sp³-hybridized carbons (Fsp3) is 0.500. The standard InChI is InChI=1S/C30H40N6O/c1-21(2)29-33-32-23(4)36(29)28-19-26-15-16-27(20-28)34(26)17-8-18-35(25-9-6-5-7-10-25)30(37)31-24-13-11-22(3)12-14-24/h5-7,9-14,21,26-28H,8,15-20H2,1-4H3,(H,31,37)/t26-,27-/m1/s1. The lowest BCUT2D eigenvalue weighted by Gasteiger charge is -2.40. The second kappa shape index (κ2) is 11.1. The minimum atomic E-state index is -0.0824. The Bertz CT molecular complexity index is 1170. The molecule has 0 spiro atoms. The molecule has 2 atom stereocenters. The number of nitrogens with one attached hydrogen (secondary N) is 1. The van der Waals surface area contributed by atoms with Crippen LogP contribution in [0.15, 0.2) is 54.6 Å². The molecule has 5 rings (SSSR count). The van der Waals surface area contributed by atoms with Crippen LogP contribution in [-0.4, -0.2) is 50.9 Å². The zero-order valence-corrected chi connectivity index (χ0v) is 22.6. The molecule has 196 valence electrons. The molecule has 2 fully saturated rings. The van der Waals surface area contributed by atoms with Gasteiger partial charge in [-0.15, -0.1) is 10.2 Å². The summed E-state index contributed by atoms with van der Waals surface area (Å²) >= 11 is 0. The fourth-order valence-electron chi connectivity index (χ4n) is 6.25. The zero-order valence-electron chi connectivity index (χ0n) is 22.6. The number of para-hydroxylation sites is 1. The maximum atomic E-state index is 13.3. The van der Waals surface area contributed by atoms with Crippen LogP contribution in [0.2, 0.25) is 0 Å². The maximum Gasteiger partial charge on any atom is 0.326 e. The van der Waals surface area contributed by atoms with E-state index in [-0.39, 0.29) is 6.03 Å². The van der Waals surface area contributed by atoms with Gasteiger partial charge in [-0.1, -0.05) is 49.7 Å². The van der Waals surface area contributed by atoms with Gasteiger partial charge in [-0.2, -0.15) is 0 Å². The molecule has 1 aromatic heterocycles. The van der Waals surface area contributed by atoms with E-state index in [9.17, 15) is 4.79 Å². The summed E-state index contributed by atoms with van der Waals surface area (Å²) in [5, 5.41) is 12.0. The minimum Gasteiger partial charge on any atom is -0.312 e. The SMILES string of the molecule is Cc1ccc(NC(=O)N(CCCN2[C@@H]3CC[C@@H]2CC(n2c(C)nnc2C(C)C)C3)c2ccccc2)cc1. The van der Waals surface area contributed by atoms with Crippen molar-refractivity contribution >= 4 is 17.4 Å². The van der Waals surface area contributed by atoms with Gasteiger partial charge in [0.25, 0.3) is 0 Å². The summed E-state index contributed by atoms with van der Waals surface area (Å²) in [5.41, 5.74) is 2.93. The highest BCUT2D eigenvalue weighted by Gasteiger charge is 2.42. The molecular formula is C30H40N6O. The monoisotopic (exact) mass is 500 g/mol. The number of nitrogens with zero attached hydrogens (tertiary/aromatic N) is 5. The van der Waals surface area contributed by atoms with Gasteiger partial charge in [-0.3, -0.25) is 9.80 Å². The molecule has 2 saturated heterocycles. The van der Waals surface area contributed by atoms with Crippen LogP contribution >= 0.6 is 0 Å². The summed E-state index contributed by atoms with van der Waals surface area (Å²) in [6, 6.07) is 19.5. The van der Waals surface area contributed by atoms with Gasteiger partial charge in [0.2, 0.25) is 0 Å². The van der Waals surface area contributed by atoms with E-state index in [1.165, 1.54) is 18.4 Å². The molecule has 1 N–H and O–H groups in total. The highest BCUT2D eigenvalue weighted by molar-refractivity contribution is 6.01. The Labute approximate surface area is 220 Å². The number of hydrogen-bond donors (Lipinski definition) is 1. The molecule has 0 saturated carbocycles. The average molecular weight is 501 g/mol. The van der Waals surface area contributed by atoms with Crippen molar-refractivity contribution in [1.82, 2.24) is 19.7 Å². The number of rotatable bonds is 8. The second-order valence-electron chi connectivity index (χ2n) is 11.0. The number of carbonyl (C=O) groups is 1. The predicted octanol–water partition coefficient (Wildman–Crippen LogP) is 6.32. The highest BCUT2D eigenvalue weighted by atomic mass is 16.2. The smallest absolute Gasteiger partial charge is 0.312 e. The largest absolute Gasteiger partial charge is 0.326 e. The van der Waals surface area contributed by atoms with Gasteiger partial charge in [0.1, 0.15) is 11.6 Å². The molecule has 2 aliphatic rings. The van der Waals surface area contributed by atoms with Gasteiger partial charge in [-0.05, 0) is 70.2 Å². The van der Waals surface area contributed by atoms with Gasteiger partial charge < -0.3 is 9.88 Å². The third-order valence-corrected chi connectivity index (χ3v) is 8.05. The van der Waals surface area contributed by atoms with E-state index in [2.05, 4.69) is 52.7 Å². The Kier molecular flexibility index (Phi) is 7.60. The highest BCUT2D eigenvalue weighted by Crippen LogP contribution is 2.42. The number of fused-ring (bicyclic) bond motifs is 2. The molecule has 0 unspecified atom stereocenters. The third kappa shape index (κ3) is 5.57. The van der Waals surface area contributed by atoms with Crippen LogP contribution in [0.1, 0.15) is 75.1 Å². The number of piperidine rings is 1. The van der Waals surface area contributed by atoms with Crippen molar-refractivity contribution in [3.63, 3.8) is 0 Å². The number of aryl methyl sites for hydroxylation is 2. The Balaban J connectivity index is 1.23. The quantitative estimate of drug-likeness (QED) is 0.393. The van der Waals surface area contributed by atoms with Crippen LogP contribution in [0.4, 0.5) is 16.2 Å². The first-order valence-electron chi connectivity index (χ1n) is 13.8. The molecular weight excluding hydrogens is 460 g/mol. The van der Waals surface area contributed by atoms with E-state index < -0.39 is 0 Å². The molecule has 0 aliphatic carbocycles. The van der Waals surface area contributed by atoms with Crippen LogP contribution < -0.4 is 10.2 Å². The minimum absolute atomic E-state index is 0.0824. The lowest BCUT2D eigenvalue weighted by Crippen LogP contribution is -2.45. The third-order valence-electron chi connectivity index (χ3n) is 8.05. The van der Waals surface area contributed by atoms with Crippen molar-refractivity contribution in [2.75, 3.05) is 23.3 Å². The molecule has 3 heterocycles. The number of amides is 2. The van der Waals surface area contributed by atoms with Crippen molar-refractivity contribution in [3.05, 3.63) is 71.8 Å². The first-order chi connectivity index (χ1) is 17.9. The van der Waals surface area contributed by atoms with Crippen molar-refractivity contribution in [2.24, 2.45) is 0 Å². The van der Waals surface area contributed by atoms with Crippen molar-refractivity contribution in [3.8, 4) is 0 Å². The van der Waals surface area contributed by atoms with Gasteiger partial charge in [0, 0.05) is 48.5 Å². The molecule has 7 nitrogen and oxygen atoms in total. The Morgan fingerprint density at radius 1 is 0.973 bits per heavy atom. The van der Waals surface area contributed by atoms with E-state index >= 15 is 0 Å². The molecule has 2 aromatic carbocycles. The van der Waals surface area contributed by atoms with Crippen LogP contribution in [0.5, 0.6) is 0 Å². The predicted molar refractivity (Wildman–Crippen MR) is 149 cm³/mol. The first-order valence-corrected chi connectivity index (χ1v) is 13.8. The number of hydrogen-bond acceptors (Lipinski definition) is 4. The van der Waals surface area contributed by atoms with Crippen molar-refractivity contribution in [1.29, 1.82) is 0 Å². The zero-order chi connectivity index (χ0) is 25.9. The summed E-state index contributed by atoms with van der Waals surface area (Å²) in [6.07, 6.45) is 5.78. The first kappa shape index (κ1) is 25.5. The number of carbonyl (C=O) groups excluding carboxylic acids is 1. The summed E-state index contributed by atoms with van der Waals surface area (Å²) < 4.78 is 2.42. The van der Waals surface area contributed by atoms with Crippen molar-refractivity contribution in [2.45, 2.75) is 83.8 Å². The van der Waals surface area contributed by atoms with Crippen LogP contribution in [0.25, 0.3) is 0 Å². The molecule has 2 amide bonds. The summed E-state index contributed by atoms with van der Waals surface area (Å²) in [4.78, 5) is 17.9. The van der Waals surface area contributed by atoms with Crippen LogP contribution in [-0.2, 0) is 0 Å². The molecule has 7 heteroatoms. The maximum absolute atomic E-state index is 13.3.